The van der Waals surface area contributed by atoms with Crippen LogP contribution in [0.15, 0.2) is 18.2 Å². The number of unbranched alkanes of at least 4 members (excludes halogenated alkanes) is 1. The van der Waals surface area contributed by atoms with Crippen LogP contribution in [0.25, 0.3) is 0 Å². The van der Waals surface area contributed by atoms with Crippen LogP contribution in [-0.4, -0.2) is 24.7 Å². The predicted molar refractivity (Wildman–Crippen MR) is 81.2 cm³/mol. The summed E-state index contributed by atoms with van der Waals surface area (Å²) in [6, 6.07) is 4.01. The van der Waals surface area contributed by atoms with Crippen molar-refractivity contribution in [1.82, 2.24) is 0 Å². The van der Waals surface area contributed by atoms with E-state index in [-0.39, 0.29) is 5.78 Å². The smallest absolute Gasteiger partial charge is 0.164 e. The second-order valence-corrected chi connectivity index (χ2v) is 5.40. The van der Waals surface area contributed by atoms with Crippen molar-refractivity contribution in [2.75, 3.05) is 6.54 Å². The van der Waals surface area contributed by atoms with Gasteiger partial charge in [0.15, 0.2) is 5.78 Å². The van der Waals surface area contributed by atoms with Crippen molar-refractivity contribution >= 4 is 35.3 Å². The molecule has 0 amide bonds. The number of hydrogen-bond donors (Lipinski definition) is 2. The summed E-state index contributed by atoms with van der Waals surface area (Å²) in [7, 11) is 0. The molecule has 6 heteroatoms. The molecule has 1 aromatic rings. The molecule has 0 spiro atoms. The summed E-state index contributed by atoms with van der Waals surface area (Å²) in [6.45, 7) is 0.560. The number of benzene rings is 1. The first-order valence-corrected chi connectivity index (χ1v) is 7.16. The van der Waals surface area contributed by atoms with Crippen molar-refractivity contribution in [3.63, 3.8) is 0 Å². The summed E-state index contributed by atoms with van der Waals surface area (Å²) in [5, 5.41) is 0.681. The zero-order valence-electron chi connectivity index (χ0n) is 11.0. The molecule has 1 rings (SSSR count). The Kier molecular flexibility index (Phi) is 7.16. The zero-order chi connectivity index (χ0) is 15.1. The molecule has 0 saturated heterocycles. The first kappa shape index (κ1) is 17.1. The number of rotatable bonds is 8. The Bertz CT molecular complexity index is 480. The van der Waals surface area contributed by atoms with E-state index in [1.807, 2.05) is 0 Å². The highest BCUT2D eigenvalue weighted by Gasteiger charge is 2.25. The highest BCUT2D eigenvalue weighted by molar-refractivity contribution is 6.42. The van der Waals surface area contributed by atoms with Crippen molar-refractivity contribution in [3.8, 4) is 0 Å². The quantitative estimate of drug-likeness (QED) is 0.437. The van der Waals surface area contributed by atoms with Gasteiger partial charge in [0.05, 0.1) is 22.0 Å². The minimum atomic E-state index is -0.905. The molecule has 0 aliphatic rings. The summed E-state index contributed by atoms with van der Waals surface area (Å²) in [4.78, 5) is 23.4. The van der Waals surface area contributed by atoms with Crippen LogP contribution in [0.3, 0.4) is 0 Å². The van der Waals surface area contributed by atoms with E-state index in [1.165, 1.54) is 6.07 Å². The summed E-state index contributed by atoms with van der Waals surface area (Å²) >= 11 is 11.7. The largest absolute Gasteiger partial charge is 0.330 e. The molecule has 4 N–H and O–H groups in total. The van der Waals surface area contributed by atoms with Crippen LogP contribution in [0.4, 0.5) is 0 Å². The molecule has 1 aromatic carbocycles. The van der Waals surface area contributed by atoms with E-state index in [4.69, 9.17) is 34.7 Å². The third kappa shape index (κ3) is 4.56. The van der Waals surface area contributed by atoms with Gasteiger partial charge in [0.25, 0.3) is 0 Å². The van der Waals surface area contributed by atoms with Gasteiger partial charge in [-0.05, 0) is 37.1 Å². The molecular formula is C14H18Cl2N2O2. The van der Waals surface area contributed by atoms with E-state index in [2.05, 4.69) is 0 Å². The summed E-state index contributed by atoms with van der Waals surface area (Å²) in [5.41, 5.74) is 11.7. The molecule has 0 bridgehead atoms. The molecule has 0 radical (unpaired) electrons. The number of hydrogen-bond acceptors (Lipinski definition) is 4. The van der Waals surface area contributed by atoms with Gasteiger partial charge >= 0.3 is 0 Å². The van der Waals surface area contributed by atoms with Crippen molar-refractivity contribution in [2.24, 2.45) is 11.5 Å². The minimum Gasteiger partial charge on any atom is -0.330 e. The van der Waals surface area contributed by atoms with E-state index >= 15 is 0 Å². The van der Waals surface area contributed by atoms with Gasteiger partial charge in [-0.1, -0.05) is 35.7 Å². The van der Waals surface area contributed by atoms with Crippen LogP contribution >= 0.6 is 23.2 Å². The van der Waals surface area contributed by atoms with Crippen molar-refractivity contribution in [3.05, 3.63) is 33.8 Å². The fourth-order valence-corrected chi connectivity index (χ4v) is 2.20. The third-order valence-electron chi connectivity index (χ3n) is 3.08. The number of carbonyl (C=O) groups is 2. The van der Waals surface area contributed by atoms with Crippen LogP contribution in [-0.2, 0) is 9.59 Å². The van der Waals surface area contributed by atoms with E-state index in [9.17, 15) is 9.59 Å². The van der Waals surface area contributed by atoms with Crippen LogP contribution in [0.1, 0.15) is 30.7 Å². The van der Waals surface area contributed by atoms with Gasteiger partial charge in [-0.25, -0.2) is 0 Å². The van der Waals surface area contributed by atoms with Crippen molar-refractivity contribution < 1.29 is 9.59 Å². The van der Waals surface area contributed by atoms with E-state index < -0.39 is 12.0 Å². The van der Waals surface area contributed by atoms with Crippen LogP contribution in [0.2, 0.25) is 10.0 Å². The van der Waals surface area contributed by atoms with Crippen molar-refractivity contribution in [1.29, 1.82) is 0 Å². The predicted octanol–water partition coefficient (Wildman–Crippen LogP) is 2.30. The highest BCUT2D eigenvalue weighted by Crippen LogP contribution is 2.27. The highest BCUT2D eigenvalue weighted by atomic mass is 35.5. The first-order valence-electron chi connectivity index (χ1n) is 6.41. The molecule has 0 saturated carbocycles. The Morgan fingerprint density at radius 3 is 2.50 bits per heavy atom. The lowest BCUT2D eigenvalue weighted by Gasteiger charge is -2.16. The molecule has 0 aliphatic carbocycles. The number of carbonyl (C=O) groups excluding carboxylic acids is 2. The molecule has 2 atom stereocenters. The summed E-state index contributed by atoms with van der Waals surface area (Å²) in [5.74, 6) is -1.21. The van der Waals surface area contributed by atoms with Crippen LogP contribution in [0, 0.1) is 0 Å². The van der Waals surface area contributed by atoms with Crippen molar-refractivity contribution in [2.45, 2.75) is 31.2 Å². The molecule has 0 fully saturated rings. The van der Waals surface area contributed by atoms with Gasteiger partial charge in [0.1, 0.15) is 6.29 Å². The molecular weight excluding hydrogens is 299 g/mol. The summed E-state index contributed by atoms with van der Waals surface area (Å²) in [6.07, 6.45) is 2.67. The fraction of sp³-hybridized carbons (Fsp3) is 0.429. The third-order valence-corrected chi connectivity index (χ3v) is 3.82. The number of ketones is 1. The lowest BCUT2D eigenvalue weighted by molar-refractivity contribution is -0.125. The van der Waals surface area contributed by atoms with Gasteiger partial charge in [0.2, 0.25) is 0 Å². The Balaban J connectivity index is 2.81. The van der Waals surface area contributed by atoms with Gasteiger partial charge in [0, 0.05) is 0 Å². The molecule has 20 heavy (non-hydrogen) atoms. The minimum absolute atomic E-state index is 0.306. The second-order valence-electron chi connectivity index (χ2n) is 4.58. The Hall–Kier alpha value is -0.940. The van der Waals surface area contributed by atoms with Gasteiger partial charge < -0.3 is 16.3 Å². The fourth-order valence-electron chi connectivity index (χ4n) is 1.90. The topological polar surface area (TPSA) is 86.2 Å². The number of nitrogens with two attached hydrogens (primary N) is 2. The van der Waals surface area contributed by atoms with E-state index in [0.717, 1.165) is 12.8 Å². The lowest BCUT2D eigenvalue weighted by Crippen LogP contribution is -2.35. The lowest BCUT2D eigenvalue weighted by atomic mass is 9.90. The molecule has 4 nitrogen and oxygen atoms in total. The molecule has 110 valence electrons. The first-order chi connectivity index (χ1) is 9.51. The number of Topliss-reactive ketones (excluding diaryl/α,β-unsaturated/α-hetero) is 1. The maximum Gasteiger partial charge on any atom is 0.164 e. The maximum atomic E-state index is 12.2. The van der Waals surface area contributed by atoms with Gasteiger partial charge in [-0.2, -0.15) is 0 Å². The second kappa shape index (κ2) is 8.37. The van der Waals surface area contributed by atoms with Crippen LogP contribution in [0.5, 0.6) is 0 Å². The number of halogens is 2. The average molecular weight is 317 g/mol. The summed E-state index contributed by atoms with van der Waals surface area (Å²) < 4.78 is 0. The Morgan fingerprint density at radius 1 is 1.25 bits per heavy atom. The zero-order valence-corrected chi connectivity index (χ0v) is 12.5. The van der Waals surface area contributed by atoms with Crippen LogP contribution < -0.4 is 11.5 Å². The van der Waals surface area contributed by atoms with E-state index in [0.29, 0.717) is 34.9 Å². The SMILES string of the molecule is NCCCC[C@@H](N)C(=O)C(C=O)c1ccc(Cl)c(Cl)c1. The monoisotopic (exact) mass is 316 g/mol. The normalized spacial score (nSPS) is 13.8. The maximum absolute atomic E-state index is 12.2. The molecule has 0 heterocycles. The molecule has 0 aliphatic heterocycles. The Morgan fingerprint density at radius 2 is 1.95 bits per heavy atom. The Labute approximate surface area is 128 Å². The number of aldehydes is 1. The van der Waals surface area contributed by atoms with Gasteiger partial charge in [-0.3, -0.25) is 4.79 Å². The van der Waals surface area contributed by atoms with Gasteiger partial charge in [-0.15, -0.1) is 0 Å². The van der Waals surface area contributed by atoms with E-state index in [1.54, 1.807) is 12.1 Å². The molecule has 0 aromatic heterocycles. The standard InChI is InChI=1S/C14H18Cl2N2O2/c15-11-5-4-9(7-12(11)16)10(8-19)14(20)13(18)3-1-2-6-17/h4-5,7-8,10,13H,1-3,6,17-18H2/t10?,13-/m1/s1. The average Bonchev–Trinajstić information content (AvgIpc) is 2.43. The molecule has 1 unspecified atom stereocenters.